The zero-order valence-corrected chi connectivity index (χ0v) is 8.59. The first-order valence-corrected chi connectivity index (χ1v) is 4.99. The van der Waals surface area contributed by atoms with Crippen LogP contribution in [0.15, 0.2) is 0 Å². The molecule has 1 fully saturated rings. The molecule has 1 heterocycles. The Balaban J connectivity index is 2.45. The van der Waals surface area contributed by atoms with Crippen LogP contribution in [0.25, 0.3) is 0 Å². The molecule has 0 saturated carbocycles. The highest BCUT2D eigenvalue weighted by atomic mass is 16.5. The minimum absolute atomic E-state index is 0.0151. The van der Waals surface area contributed by atoms with E-state index >= 15 is 0 Å². The van der Waals surface area contributed by atoms with Gasteiger partial charge in [-0.25, -0.2) is 0 Å². The van der Waals surface area contributed by atoms with Crippen molar-refractivity contribution in [3.63, 3.8) is 0 Å². The third-order valence-corrected chi connectivity index (χ3v) is 2.44. The minimum Gasteiger partial charge on any atom is -0.466 e. The average molecular weight is 219 g/mol. The molecule has 1 aliphatic rings. The number of aliphatic hydroxyl groups excluding tert-OH is 3. The fourth-order valence-corrected chi connectivity index (χ4v) is 1.57. The molecular weight excluding hydrogens is 202 g/mol. The number of carbonyl (C=O) groups is 1. The Morgan fingerprint density at radius 3 is 2.67 bits per heavy atom. The van der Waals surface area contributed by atoms with Crippen LogP contribution < -0.4 is 5.32 Å². The molecule has 15 heavy (non-hydrogen) atoms. The lowest BCUT2D eigenvalue weighted by atomic mass is 9.94. The summed E-state index contributed by atoms with van der Waals surface area (Å²) in [6.45, 7) is 2.14. The number of nitrogens with one attached hydrogen (secondary N) is 1. The van der Waals surface area contributed by atoms with Crippen molar-refractivity contribution in [3.8, 4) is 0 Å². The van der Waals surface area contributed by atoms with Crippen molar-refractivity contribution < 1.29 is 24.9 Å². The Morgan fingerprint density at radius 2 is 2.07 bits per heavy atom. The molecule has 0 spiro atoms. The molecule has 0 aromatic heterocycles. The van der Waals surface area contributed by atoms with Crippen LogP contribution in [0.1, 0.15) is 13.3 Å². The summed E-state index contributed by atoms with van der Waals surface area (Å²) in [6.07, 6.45) is -3.39. The quantitative estimate of drug-likeness (QED) is 0.410. The molecule has 0 amide bonds. The van der Waals surface area contributed by atoms with Gasteiger partial charge in [-0.3, -0.25) is 4.79 Å². The largest absolute Gasteiger partial charge is 0.466 e. The average Bonchev–Trinajstić information content (AvgIpc) is 2.20. The van der Waals surface area contributed by atoms with Crippen molar-refractivity contribution in [1.29, 1.82) is 0 Å². The summed E-state index contributed by atoms with van der Waals surface area (Å²) in [5.74, 6) is -0.433. The van der Waals surface area contributed by atoms with Gasteiger partial charge in [0.1, 0.15) is 6.10 Å². The summed E-state index contributed by atoms with van der Waals surface area (Å²) >= 11 is 0. The van der Waals surface area contributed by atoms with E-state index in [9.17, 15) is 20.1 Å². The Kier molecular flexibility index (Phi) is 4.46. The maximum Gasteiger partial charge on any atom is 0.307 e. The predicted octanol–water partition coefficient (Wildman–Crippen LogP) is -2.01. The molecular formula is C9H17NO5. The fourth-order valence-electron chi connectivity index (χ4n) is 1.57. The second-order valence-corrected chi connectivity index (χ2v) is 3.57. The van der Waals surface area contributed by atoms with Gasteiger partial charge in [0, 0.05) is 12.6 Å². The van der Waals surface area contributed by atoms with E-state index < -0.39 is 30.3 Å². The Hall–Kier alpha value is -0.690. The first-order valence-electron chi connectivity index (χ1n) is 4.99. The number of carbonyl (C=O) groups excluding carboxylic acids is 1. The maximum atomic E-state index is 11.1. The molecule has 1 aliphatic heterocycles. The molecule has 0 unspecified atom stereocenters. The number of hydrogen-bond acceptors (Lipinski definition) is 6. The maximum absolute atomic E-state index is 11.1. The smallest absolute Gasteiger partial charge is 0.307 e. The zero-order valence-electron chi connectivity index (χ0n) is 8.59. The standard InChI is InChI=1S/C9H17NO5/c1-2-15-7(12)3-5-8(13)9(14)6(11)4-10-5/h5-6,8-11,13-14H,2-4H2,1H3/t5-,6+,8-,9+/m0/s1. The summed E-state index contributed by atoms with van der Waals surface area (Å²) < 4.78 is 4.72. The van der Waals surface area contributed by atoms with Gasteiger partial charge in [0.05, 0.1) is 25.2 Å². The summed E-state index contributed by atoms with van der Waals surface area (Å²) in [4.78, 5) is 11.1. The van der Waals surface area contributed by atoms with Crippen molar-refractivity contribution in [2.75, 3.05) is 13.2 Å². The van der Waals surface area contributed by atoms with Crippen LogP contribution in [-0.2, 0) is 9.53 Å². The highest BCUT2D eigenvalue weighted by molar-refractivity contribution is 5.70. The van der Waals surface area contributed by atoms with E-state index in [1.54, 1.807) is 6.92 Å². The number of β-amino-alcohol motifs (C(OH)–C–C–N with tert-alkyl or cyclic N) is 1. The predicted molar refractivity (Wildman–Crippen MR) is 51.1 cm³/mol. The Bertz CT molecular complexity index is 223. The first-order chi connectivity index (χ1) is 7.06. The van der Waals surface area contributed by atoms with E-state index in [-0.39, 0.29) is 19.6 Å². The van der Waals surface area contributed by atoms with Gasteiger partial charge in [0.25, 0.3) is 0 Å². The van der Waals surface area contributed by atoms with Gasteiger partial charge in [0.2, 0.25) is 0 Å². The van der Waals surface area contributed by atoms with E-state index in [4.69, 9.17) is 4.74 Å². The number of ether oxygens (including phenoxy) is 1. The van der Waals surface area contributed by atoms with Crippen molar-refractivity contribution in [2.24, 2.45) is 0 Å². The topological polar surface area (TPSA) is 99.0 Å². The van der Waals surface area contributed by atoms with Crippen LogP contribution in [0.3, 0.4) is 0 Å². The summed E-state index contributed by atoms with van der Waals surface area (Å²) in [6, 6.07) is -0.567. The molecule has 0 radical (unpaired) electrons. The van der Waals surface area contributed by atoms with Gasteiger partial charge in [-0.1, -0.05) is 0 Å². The number of esters is 1. The van der Waals surface area contributed by atoms with Crippen LogP contribution in [-0.4, -0.2) is 58.8 Å². The molecule has 4 N–H and O–H groups in total. The summed E-state index contributed by atoms with van der Waals surface area (Å²) in [7, 11) is 0. The molecule has 1 saturated heterocycles. The minimum atomic E-state index is -1.22. The van der Waals surface area contributed by atoms with Crippen molar-refractivity contribution >= 4 is 5.97 Å². The Morgan fingerprint density at radius 1 is 1.40 bits per heavy atom. The van der Waals surface area contributed by atoms with E-state index in [2.05, 4.69) is 5.32 Å². The van der Waals surface area contributed by atoms with Gasteiger partial charge in [-0.2, -0.15) is 0 Å². The van der Waals surface area contributed by atoms with Crippen LogP contribution in [0, 0.1) is 0 Å². The highest BCUT2D eigenvalue weighted by Gasteiger charge is 2.37. The summed E-state index contributed by atoms with van der Waals surface area (Å²) in [5.41, 5.74) is 0. The van der Waals surface area contributed by atoms with Crippen molar-refractivity contribution in [3.05, 3.63) is 0 Å². The third kappa shape index (κ3) is 3.13. The van der Waals surface area contributed by atoms with Crippen LogP contribution in [0.4, 0.5) is 0 Å². The van der Waals surface area contributed by atoms with Gasteiger partial charge < -0.3 is 25.4 Å². The molecule has 0 bridgehead atoms. The number of piperidine rings is 1. The Labute approximate surface area is 87.9 Å². The van der Waals surface area contributed by atoms with Crippen molar-refractivity contribution in [1.82, 2.24) is 5.32 Å². The first kappa shape index (κ1) is 12.4. The SMILES string of the molecule is CCOC(=O)C[C@@H]1NC[C@@H](O)[C@@H](O)[C@H]1O. The number of hydrogen-bond donors (Lipinski definition) is 4. The number of aliphatic hydroxyl groups is 3. The second-order valence-electron chi connectivity index (χ2n) is 3.57. The fraction of sp³-hybridized carbons (Fsp3) is 0.889. The van der Waals surface area contributed by atoms with Gasteiger partial charge in [0.15, 0.2) is 0 Å². The van der Waals surface area contributed by atoms with E-state index in [0.717, 1.165) is 0 Å². The highest BCUT2D eigenvalue weighted by Crippen LogP contribution is 2.13. The molecule has 6 heteroatoms. The number of rotatable bonds is 3. The molecule has 0 aromatic carbocycles. The van der Waals surface area contributed by atoms with Gasteiger partial charge >= 0.3 is 5.97 Å². The van der Waals surface area contributed by atoms with E-state index in [0.29, 0.717) is 0 Å². The van der Waals surface area contributed by atoms with Crippen LogP contribution in [0.5, 0.6) is 0 Å². The van der Waals surface area contributed by atoms with Crippen LogP contribution in [0.2, 0.25) is 0 Å². The lowest BCUT2D eigenvalue weighted by Gasteiger charge is -2.35. The zero-order chi connectivity index (χ0) is 11.4. The molecule has 0 aliphatic carbocycles. The molecule has 1 rings (SSSR count). The molecule has 0 aromatic rings. The molecule has 4 atom stereocenters. The summed E-state index contributed by atoms with van der Waals surface area (Å²) in [5, 5.41) is 30.9. The lowest BCUT2D eigenvalue weighted by molar-refractivity contribution is -0.147. The van der Waals surface area contributed by atoms with Crippen LogP contribution >= 0.6 is 0 Å². The normalized spacial score (nSPS) is 36.3. The van der Waals surface area contributed by atoms with Gasteiger partial charge in [-0.05, 0) is 6.92 Å². The van der Waals surface area contributed by atoms with Crippen molar-refractivity contribution in [2.45, 2.75) is 37.7 Å². The van der Waals surface area contributed by atoms with Gasteiger partial charge in [-0.15, -0.1) is 0 Å². The second kappa shape index (κ2) is 5.41. The monoisotopic (exact) mass is 219 g/mol. The van der Waals surface area contributed by atoms with E-state index in [1.807, 2.05) is 0 Å². The third-order valence-electron chi connectivity index (χ3n) is 2.44. The van der Waals surface area contributed by atoms with E-state index in [1.165, 1.54) is 0 Å². The lowest BCUT2D eigenvalue weighted by Crippen LogP contribution is -2.60. The molecule has 6 nitrogen and oxygen atoms in total. The molecule has 88 valence electrons.